The molecule has 1 unspecified atom stereocenters. The fourth-order valence-corrected chi connectivity index (χ4v) is 1.10. The Hall–Kier alpha value is -1.38. The second kappa shape index (κ2) is 5.30. The van der Waals surface area contributed by atoms with E-state index in [4.69, 9.17) is 12.3 Å². The van der Waals surface area contributed by atoms with Crippen LogP contribution < -0.4 is 11.3 Å². The monoisotopic (exact) mass is 179 g/mol. The second-order valence-electron chi connectivity index (χ2n) is 2.71. The number of hydrogen-bond acceptors (Lipinski definition) is 4. The van der Waals surface area contributed by atoms with Crippen molar-refractivity contribution in [3.8, 4) is 12.3 Å². The van der Waals surface area contributed by atoms with Gasteiger partial charge in [-0.3, -0.25) is 11.3 Å². The summed E-state index contributed by atoms with van der Waals surface area (Å²) in [6, 6.07) is 0.0344. The number of nitrogens with one attached hydrogen (secondary N) is 2. The van der Waals surface area contributed by atoms with Gasteiger partial charge in [-0.1, -0.05) is 0 Å². The molecule has 1 heterocycles. The summed E-state index contributed by atoms with van der Waals surface area (Å²) in [5, 5.41) is 10.2. The van der Waals surface area contributed by atoms with Gasteiger partial charge < -0.3 is 0 Å². The molecule has 0 radical (unpaired) electrons. The molecular formula is C8H13N5. The highest BCUT2D eigenvalue weighted by atomic mass is 15.3. The first kappa shape index (κ1) is 9.71. The van der Waals surface area contributed by atoms with Crippen LogP contribution in [0.25, 0.3) is 0 Å². The molecule has 13 heavy (non-hydrogen) atoms. The summed E-state index contributed by atoms with van der Waals surface area (Å²) in [5.74, 6) is 7.94. The summed E-state index contributed by atoms with van der Waals surface area (Å²) in [5.41, 5.74) is 3.49. The molecule has 0 amide bonds. The Bertz CT molecular complexity index is 261. The molecule has 70 valence electrons. The van der Waals surface area contributed by atoms with Crippen LogP contribution in [0.15, 0.2) is 6.20 Å². The zero-order valence-corrected chi connectivity index (χ0v) is 7.33. The highest BCUT2D eigenvalue weighted by Crippen LogP contribution is 2.14. The van der Waals surface area contributed by atoms with Gasteiger partial charge in [-0.05, 0) is 12.8 Å². The zero-order chi connectivity index (χ0) is 9.52. The molecule has 0 saturated carbocycles. The van der Waals surface area contributed by atoms with Crippen molar-refractivity contribution in [1.82, 2.24) is 20.8 Å². The number of aromatic nitrogens is 3. The van der Waals surface area contributed by atoms with Crippen LogP contribution in [0.4, 0.5) is 0 Å². The molecular weight excluding hydrogens is 166 g/mol. The summed E-state index contributed by atoms with van der Waals surface area (Å²) in [6.07, 6.45) is 9.35. The van der Waals surface area contributed by atoms with Gasteiger partial charge in [-0.25, -0.2) is 0 Å². The maximum absolute atomic E-state index is 5.36. The number of aromatic amines is 1. The van der Waals surface area contributed by atoms with E-state index >= 15 is 0 Å². The van der Waals surface area contributed by atoms with Gasteiger partial charge in [0.05, 0.1) is 12.2 Å². The summed E-state index contributed by atoms with van der Waals surface area (Å²) >= 11 is 0. The number of rotatable bonds is 5. The van der Waals surface area contributed by atoms with Crippen LogP contribution in [0.3, 0.4) is 0 Å². The Labute approximate surface area is 77.1 Å². The first-order valence-corrected chi connectivity index (χ1v) is 4.13. The minimum Gasteiger partial charge on any atom is -0.271 e. The molecule has 4 N–H and O–H groups in total. The Morgan fingerprint density at radius 2 is 2.62 bits per heavy atom. The molecule has 1 rings (SSSR count). The fourth-order valence-electron chi connectivity index (χ4n) is 1.10. The van der Waals surface area contributed by atoms with Gasteiger partial charge in [-0.15, -0.1) is 12.3 Å². The highest BCUT2D eigenvalue weighted by molar-refractivity contribution is 4.99. The second-order valence-corrected chi connectivity index (χ2v) is 2.71. The summed E-state index contributed by atoms with van der Waals surface area (Å²) in [6.45, 7) is 0. The first-order valence-electron chi connectivity index (χ1n) is 4.13. The van der Waals surface area contributed by atoms with Gasteiger partial charge >= 0.3 is 0 Å². The highest BCUT2D eigenvalue weighted by Gasteiger charge is 2.10. The molecule has 0 bridgehead atoms. The van der Waals surface area contributed by atoms with Gasteiger partial charge in [0.1, 0.15) is 5.69 Å². The molecule has 1 aromatic heterocycles. The molecule has 5 nitrogen and oxygen atoms in total. The van der Waals surface area contributed by atoms with E-state index in [-0.39, 0.29) is 6.04 Å². The third kappa shape index (κ3) is 2.86. The van der Waals surface area contributed by atoms with Gasteiger partial charge in [0.25, 0.3) is 0 Å². The number of terminal acetylenes is 1. The van der Waals surface area contributed by atoms with Gasteiger partial charge in [0.15, 0.2) is 0 Å². The van der Waals surface area contributed by atoms with Gasteiger partial charge in [-0.2, -0.15) is 15.4 Å². The van der Waals surface area contributed by atoms with Crippen molar-refractivity contribution >= 4 is 0 Å². The predicted molar refractivity (Wildman–Crippen MR) is 49.1 cm³/mol. The largest absolute Gasteiger partial charge is 0.271 e. The fraction of sp³-hybridized carbons (Fsp3) is 0.500. The van der Waals surface area contributed by atoms with Crippen molar-refractivity contribution in [1.29, 1.82) is 0 Å². The lowest BCUT2D eigenvalue weighted by molar-refractivity contribution is 0.490. The van der Waals surface area contributed by atoms with Crippen molar-refractivity contribution < 1.29 is 0 Å². The Kier molecular flexibility index (Phi) is 3.96. The van der Waals surface area contributed by atoms with E-state index in [0.717, 1.165) is 25.0 Å². The molecule has 0 saturated heterocycles. The number of nitrogens with two attached hydrogens (primary N) is 1. The lowest BCUT2D eigenvalue weighted by atomic mass is 10.1. The van der Waals surface area contributed by atoms with Gasteiger partial charge in [0, 0.05) is 6.42 Å². The Balaban J connectivity index is 2.41. The van der Waals surface area contributed by atoms with E-state index < -0.39 is 0 Å². The van der Waals surface area contributed by atoms with Crippen LogP contribution in [-0.2, 0) is 0 Å². The maximum Gasteiger partial charge on any atom is 0.101 e. The molecule has 1 atom stereocenters. The Morgan fingerprint density at radius 3 is 3.15 bits per heavy atom. The number of unbranched alkanes of at least 4 members (excludes halogenated alkanes) is 1. The molecule has 0 aliphatic rings. The molecule has 0 aliphatic heterocycles. The molecule has 0 aliphatic carbocycles. The minimum absolute atomic E-state index is 0.0344. The maximum atomic E-state index is 5.36. The summed E-state index contributed by atoms with van der Waals surface area (Å²) < 4.78 is 0. The number of hydrogen-bond donors (Lipinski definition) is 3. The molecule has 0 fully saturated rings. The average Bonchev–Trinajstić information content (AvgIpc) is 2.65. The van der Waals surface area contributed by atoms with E-state index in [1.807, 2.05) is 0 Å². The SMILES string of the molecule is C#CCCCC(NN)c1cn[nH]n1. The predicted octanol–water partition coefficient (Wildman–Crippen LogP) is 0.113. The minimum atomic E-state index is 0.0344. The van der Waals surface area contributed by atoms with Crippen LogP contribution in [0, 0.1) is 12.3 Å². The van der Waals surface area contributed by atoms with Crippen LogP contribution >= 0.6 is 0 Å². The van der Waals surface area contributed by atoms with Crippen LogP contribution in [0.5, 0.6) is 0 Å². The lowest BCUT2D eigenvalue weighted by Gasteiger charge is -2.10. The Morgan fingerprint density at radius 1 is 1.77 bits per heavy atom. The van der Waals surface area contributed by atoms with Crippen molar-refractivity contribution in [2.24, 2.45) is 5.84 Å². The third-order valence-electron chi connectivity index (χ3n) is 1.81. The van der Waals surface area contributed by atoms with Gasteiger partial charge in [0.2, 0.25) is 0 Å². The van der Waals surface area contributed by atoms with E-state index in [1.165, 1.54) is 0 Å². The number of H-pyrrole nitrogens is 1. The van der Waals surface area contributed by atoms with Crippen LogP contribution in [0.2, 0.25) is 0 Å². The van der Waals surface area contributed by atoms with Crippen molar-refractivity contribution in [3.63, 3.8) is 0 Å². The zero-order valence-electron chi connectivity index (χ0n) is 7.33. The smallest absolute Gasteiger partial charge is 0.101 e. The number of nitrogens with zero attached hydrogens (tertiary/aromatic N) is 2. The summed E-state index contributed by atoms with van der Waals surface area (Å²) in [4.78, 5) is 0. The average molecular weight is 179 g/mol. The third-order valence-corrected chi connectivity index (χ3v) is 1.81. The number of hydrazine groups is 1. The van der Waals surface area contributed by atoms with Crippen molar-refractivity contribution in [2.75, 3.05) is 0 Å². The molecule has 5 heteroatoms. The van der Waals surface area contributed by atoms with E-state index in [0.29, 0.717) is 0 Å². The first-order chi connectivity index (χ1) is 6.38. The summed E-state index contributed by atoms with van der Waals surface area (Å²) in [7, 11) is 0. The van der Waals surface area contributed by atoms with E-state index in [2.05, 4.69) is 26.8 Å². The standard InChI is InChI=1S/C8H13N5/c1-2-3-4-5-7(11-9)8-6-10-13-12-8/h1,6-7,11H,3-5,9H2,(H,10,12,13). The molecule has 1 aromatic rings. The normalized spacial score (nSPS) is 12.3. The lowest BCUT2D eigenvalue weighted by Crippen LogP contribution is -2.28. The van der Waals surface area contributed by atoms with E-state index in [9.17, 15) is 0 Å². The molecule has 0 spiro atoms. The quantitative estimate of drug-likeness (QED) is 0.259. The van der Waals surface area contributed by atoms with Crippen LogP contribution in [-0.4, -0.2) is 15.4 Å². The molecule has 0 aromatic carbocycles. The van der Waals surface area contributed by atoms with Crippen molar-refractivity contribution in [3.05, 3.63) is 11.9 Å². The van der Waals surface area contributed by atoms with Crippen LogP contribution in [0.1, 0.15) is 31.0 Å². The van der Waals surface area contributed by atoms with Crippen molar-refractivity contribution in [2.45, 2.75) is 25.3 Å². The van der Waals surface area contributed by atoms with E-state index in [1.54, 1.807) is 6.20 Å². The topological polar surface area (TPSA) is 79.6 Å².